The lowest BCUT2D eigenvalue weighted by Crippen LogP contribution is -2.03. The summed E-state index contributed by atoms with van der Waals surface area (Å²) in [5.74, 6) is 0.179. The number of carboxylic acids is 1. The maximum atomic E-state index is 11.3. The van der Waals surface area contributed by atoms with Crippen molar-refractivity contribution in [3.63, 3.8) is 0 Å². The molecule has 0 radical (unpaired) electrons. The summed E-state index contributed by atoms with van der Waals surface area (Å²) in [5, 5.41) is 9.22. The van der Waals surface area contributed by atoms with Crippen LogP contribution in [0.5, 0.6) is 11.5 Å². The van der Waals surface area contributed by atoms with Gasteiger partial charge in [0.15, 0.2) is 17.2 Å². The summed E-state index contributed by atoms with van der Waals surface area (Å²) in [4.78, 5) is 15.2. The lowest BCUT2D eigenvalue weighted by Gasteiger charge is -2.13. The van der Waals surface area contributed by atoms with Crippen molar-refractivity contribution in [3.8, 4) is 22.6 Å². The molecule has 0 aliphatic carbocycles. The van der Waals surface area contributed by atoms with Crippen molar-refractivity contribution in [1.29, 1.82) is 0 Å². The second-order valence-corrected chi connectivity index (χ2v) is 4.23. The van der Waals surface area contributed by atoms with Crippen molar-refractivity contribution in [2.24, 2.45) is 0 Å². The number of aromatic carboxylic acids is 1. The Kier molecular flexibility index (Phi) is 4.77. The minimum Gasteiger partial charge on any atom is -0.490 e. The Morgan fingerprint density at radius 1 is 1.14 bits per heavy atom. The number of carbonyl (C=O) groups is 1. The van der Waals surface area contributed by atoms with Gasteiger partial charge in [-0.3, -0.25) is 0 Å². The standard InChI is InChI=1S/C16H17NO4/c1-3-20-13-8-7-11(10-14(13)21-4-2)12-6-5-9-17-15(12)16(18)19/h5-10H,3-4H2,1-2H3,(H,18,19). The van der Waals surface area contributed by atoms with Crippen molar-refractivity contribution in [2.75, 3.05) is 13.2 Å². The van der Waals surface area contributed by atoms with E-state index in [1.54, 1.807) is 30.3 Å². The molecule has 1 aromatic heterocycles. The quantitative estimate of drug-likeness (QED) is 0.883. The average molecular weight is 287 g/mol. The van der Waals surface area contributed by atoms with Crippen molar-refractivity contribution < 1.29 is 19.4 Å². The van der Waals surface area contributed by atoms with Crippen LogP contribution in [0.25, 0.3) is 11.1 Å². The van der Waals surface area contributed by atoms with Gasteiger partial charge in [-0.05, 0) is 37.6 Å². The summed E-state index contributed by atoms with van der Waals surface area (Å²) in [6.07, 6.45) is 1.46. The van der Waals surface area contributed by atoms with E-state index in [9.17, 15) is 9.90 Å². The van der Waals surface area contributed by atoms with Crippen molar-refractivity contribution in [1.82, 2.24) is 4.98 Å². The lowest BCUT2D eigenvalue weighted by molar-refractivity contribution is 0.0691. The van der Waals surface area contributed by atoms with Gasteiger partial charge in [-0.15, -0.1) is 0 Å². The molecule has 21 heavy (non-hydrogen) atoms. The molecule has 0 atom stereocenters. The SMILES string of the molecule is CCOc1ccc(-c2cccnc2C(=O)O)cc1OCC. The number of aromatic nitrogens is 1. The van der Waals surface area contributed by atoms with Gasteiger partial charge in [0.25, 0.3) is 0 Å². The summed E-state index contributed by atoms with van der Waals surface area (Å²) in [6, 6.07) is 8.79. The number of nitrogens with zero attached hydrogens (tertiary/aromatic N) is 1. The second kappa shape index (κ2) is 6.74. The zero-order valence-electron chi connectivity index (χ0n) is 12.0. The van der Waals surface area contributed by atoms with E-state index in [2.05, 4.69) is 4.98 Å². The number of carboxylic acid groups (broad SMARTS) is 1. The summed E-state index contributed by atoms with van der Waals surface area (Å²) in [6.45, 7) is 4.82. The third kappa shape index (κ3) is 3.31. The molecule has 5 nitrogen and oxygen atoms in total. The molecule has 0 saturated heterocycles. The van der Waals surface area contributed by atoms with Crippen LogP contribution in [0.3, 0.4) is 0 Å². The predicted octanol–water partition coefficient (Wildman–Crippen LogP) is 3.24. The summed E-state index contributed by atoms with van der Waals surface area (Å²) < 4.78 is 11.1. The van der Waals surface area contributed by atoms with E-state index in [0.29, 0.717) is 30.3 Å². The van der Waals surface area contributed by atoms with Crippen LogP contribution in [0.1, 0.15) is 24.3 Å². The fourth-order valence-corrected chi connectivity index (χ4v) is 2.03. The highest BCUT2D eigenvalue weighted by molar-refractivity contribution is 5.94. The molecule has 0 aliphatic rings. The van der Waals surface area contributed by atoms with Gasteiger partial charge >= 0.3 is 5.97 Å². The van der Waals surface area contributed by atoms with Crippen LogP contribution in [0.2, 0.25) is 0 Å². The van der Waals surface area contributed by atoms with E-state index < -0.39 is 5.97 Å². The summed E-state index contributed by atoms with van der Waals surface area (Å²) in [7, 11) is 0. The molecule has 0 aliphatic heterocycles. The maximum absolute atomic E-state index is 11.3. The van der Waals surface area contributed by atoms with Gasteiger partial charge < -0.3 is 14.6 Å². The molecule has 2 rings (SSSR count). The molecule has 0 amide bonds. The Labute approximate surface area is 123 Å². The molecular formula is C16H17NO4. The van der Waals surface area contributed by atoms with E-state index in [1.807, 2.05) is 13.8 Å². The van der Waals surface area contributed by atoms with Gasteiger partial charge in [-0.25, -0.2) is 9.78 Å². The molecule has 1 N–H and O–H groups in total. The van der Waals surface area contributed by atoms with E-state index in [4.69, 9.17) is 9.47 Å². The first kappa shape index (κ1) is 14.8. The highest BCUT2D eigenvalue weighted by Gasteiger charge is 2.14. The van der Waals surface area contributed by atoms with Crippen LogP contribution >= 0.6 is 0 Å². The molecule has 0 saturated carbocycles. The Bertz CT molecular complexity index is 640. The normalized spacial score (nSPS) is 10.2. The molecule has 5 heteroatoms. The van der Waals surface area contributed by atoms with Crippen molar-refractivity contribution >= 4 is 5.97 Å². The zero-order chi connectivity index (χ0) is 15.2. The van der Waals surface area contributed by atoms with E-state index in [-0.39, 0.29) is 5.69 Å². The average Bonchev–Trinajstić information content (AvgIpc) is 2.49. The number of rotatable bonds is 6. The first-order valence-electron chi connectivity index (χ1n) is 6.75. The van der Waals surface area contributed by atoms with Crippen LogP contribution in [0, 0.1) is 0 Å². The first-order valence-corrected chi connectivity index (χ1v) is 6.75. The van der Waals surface area contributed by atoms with Crippen molar-refractivity contribution in [3.05, 3.63) is 42.2 Å². The highest BCUT2D eigenvalue weighted by Crippen LogP contribution is 2.33. The van der Waals surface area contributed by atoms with Crippen LogP contribution in [-0.2, 0) is 0 Å². The maximum Gasteiger partial charge on any atom is 0.355 e. The number of benzene rings is 1. The van der Waals surface area contributed by atoms with Gasteiger partial charge in [0.1, 0.15) is 0 Å². The molecule has 0 spiro atoms. The lowest BCUT2D eigenvalue weighted by atomic mass is 10.0. The topological polar surface area (TPSA) is 68.7 Å². The van der Waals surface area contributed by atoms with Gasteiger partial charge in [0, 0.05) is 11.8 Å². The molecule has 1 aromatic carbocycles. The van der Waals surface area contributed by atoms with Crippen LogP contribution < -0.4 is 9.47 Å². The van der Waals surface area contributed by atoms with E-state index >= 15 is 0 Å². The molecule has 1 heterocycles. The zero-order valence-corrected chi connectivity index (χ0v) is 12.0. The third-order valence-corrected chi connectivity index (χ3v) is 2.86. The van der Waals surface area contributed by atoms with Crippen LogP contribution in [0.4, 0.5) is 0 Å². The third-order valence-electron chi connectivity index (χ3n) is 2.86. The monoisotopic (exact) mass is 287 g/mol. The number of hydrogen-bond donors (Lipinski definition) is 1. The molecule has 2 aromatic rings. The van der Waals surface area contributed by atoms with Crippen molar-refractivity contribution in [2.45, 2.75) is 13.8 Å². The van der Waals surface area contributed by atoms with Gasteiger partial charge in [0.05, 0.1) is 13.2 Å². The molecule has 0 bridgehead atoms. The molecule has 0 fully saturated rings. The van der Waals surface area contributed by atoms with Crippen LogP contribution in [-0.4, -0.2) is 29.3 Å². The summed E-state index contributed by atoms with van der Waals surface area (Å²) >= 11 is 0. The number of hydrogen-bond acceptors (Lipinski definition) is 4. The predicted molar refractivity (Wildman–Crippen MR) is 79.0 cm³/mol. The molecule has 0 unspecified atom stereocenters. The van der Waals surface area contributed by atoms with Gasteiger partial charge in [-0.1, -0.05) is 12.1 Å². The van der Waals surface area contributed by atoms with Gasteiger partial charge in [-0.2, -0.15) is 0 Å². The Balaban J connectivity index is 2.50. The highest BCUT2D eigenvalue weighted by atomic mass is 16.5. The Hall–Kier alpha value is -2.56. The molecule has 110 valence electrons. The van der Waals surface area contributed by atoms with E-state index in [0.717, 1.165) is 5.56 Å². The number of ether oxygens (including phenoxy) is 2. The van der Waals surface area contributed by atoms with Crippen LogP contribution in [0.15, 0.2) is 36.5 Å². The smallest absolute Gasteiger partial charge is 0.355 e. The Morgan fingerprint density at radius 2 is 1.86 bits per heavy atom. The second-order valence-electron chi connectivity index (χ2n) is 4.23. The largest absolute Gasteiger partial charge is 0.490 e. The summed E-state index contributed by atoms with van der Waals surface area (Å²) in [5.41, 5.74) is 1.30. The number of pyridine rings is 1. The fraction of sp³-hybridized carbons (Fsp3) is 0.250. The Morgan fingerprint density at radius 3 is 2.52 bits per heavy atom. The minimum atomic E-state index is -1.06. The van der Waals surface area contributed by atoms with Gasteiger partial charge in [0.2, 0.25) is 0 Å². The van der Waals surface area contributed by atoms with E-state index in [1.165, 1.54) is 6.20 Å². The fourth-order valence-electron chi connectivity index (χ4n) is 2.03. The molecular weight excluding hydrogens is 270 g/mol. The minimum absolute atomic E-state index is 0.0177. The first-order chi connectivity index (χ1) is 10.2.